The van der Waals surface area contributed by atoms with Crippen LogP contribution in [-0.2, 0) is 9.59 Å². The predicted molar refractivity (Wildman–Crippen MR) is 110 cm³/mol. The number of rotatable bonds is 9. The summed E-state index contributed by atoms with van der Waals surface area (Å²) in [4.78, 5) is 40.1. The second-order valence-corrected chi connectivity index (χ2v) is 7.85. The molecule has 0 bridgehead atoms. The van der Waals surface area contributed by atoms with Gasteiger partial charge in [-0.15, -0.1) is 17.9 Å². The van der Waals surface area contributed by atoms with E-state index in [0.29, 0.717) is 10.6 Å². The molecule has 8 heteroatoms. The number of hydrogen-bond acceptors (Lipinski definition) is 5. The minimum atomic E-state index is -0.922. The van der Waals surface area contributed by atoms with Gasteiger partial charge in [-0.3, -0.25) is 14.4 Å². The van der Waals surface area contributed by atoms with Gasteiger partial charge in [-0.05, 0) is 36.4 Å². The second-order valence-electron chi connectivity index (χ2n) is 6.90. The Morgan fingerprint density at radius 2 is 2.07 bits per heavy atom. The van der Waals surface area contributed by atoms with E-state index in [9.17, 15) is 14.4 Å². The average molecular weight is 416 g/mol. The van der Waals surface area contributed by atoms with Gasteiger partial charge in [-0.25, -0.2) is 0 Å². The molecule has 0 saturated heterocycles. The number of furan rings is 1. The van der Waals surface area contributed by atoms with Crippen molar-refractivity contribution < 1.29 is 18.8 Å². The summed E-state index contributed by atoms with van der Waals surface area (Å²) >= 11 is 1.30. The molecule has 1 fully saturated rings. The number of nitrogens with one attached hydrogen (secondary N) is 2. The zero-order valence-electron chi connectivity index (χ0n) is 16.1. The Bertz CT molecular complexity index is 826. The van der Waals surface area contributed by atoms with Gasteiger partial charge in [-0.1, -0.05) is 25.0 Å². The molecule has 0 aromatic carbocycles. The van der Waals surface area contributed by atoms with Crippen LogP contribution in [0.4, 0.5) is 0 Å². The summed E-state index contributed by atoms with van der Waals surface area (Å²) in [5, 5.41) is 7.45. The van der Waals surface area contributed by atoms with E-state index in [2.05, 4.69) is 17.2 Å². The fourth-order valence-electron chi connectivity index (χ4n) is 3.46. The Kier molecular flexibility index (Phi) is 7.24. The van der Waals surface area contributed by atoms with Crippen LogP contribution < -0.4 is 10.6 Å². The third kappa shape index (κ3) is 5.35. The molecule has 1 aliphatic rings. The highest BCUT2D eigenvalue weighted by molar-refractivity contribution is 7.12. The van der Waals surface area contributed by atoms with Crippen LogP contribution in [0.25, 0.3) is 0 Å². The lowest BCUT2D eigenvalue weighted by molar-refractivity contribution is -0.140. The normalized spacial score (nSPS) is 14.9. The van der Waals surface area contributed by atoms with Crippen molar-refractivity contribution in [1.82, 2.24) is 15.5 Å². The molecule has 1 atom stereocenters. The molecule has 2 heterocycles. The van der Waals surface area contributed by atoms with Crippen molar-refractivity contribution in [3.63, 3.8) is 0 Å². The fraction of sp³-hybridized carbons (Fsp3) is 0.381. The van der Waals surface area contributed by atoms with Crippen molar-refractivity contribution in [3.8, 4) is 0 Å². The number of carbonyl (C=O) groups excluding carboxylic acids is 3. The van der Waals surface area contributed by atoms with E-state index in [1.54, 1.807) is 35.7 Å². The highest BCUT2D eigenvalue weighted by atomic mass is 32.1. The second kappa shape index (κ2) is 10.1. The molecular weight excluding hydrogens is 390 g/mol. The maximum Gasteiger partial charge on any atom is 0.261 e. The monoisotopic (exact) mass is 415 g/mol. The Labute approximate surface area is 173 Å². The molecule has 154 valence electrons. The molecule has 7 nitrogen and oxygen atoms in total. The third-order valence-electron chi connectivity index (χ3n) is 4.87. The minimum Gasteiger partial charge on any atom is -0.467 e. The van der Waals surface area contributed by atoms with Crippen molar-refractivity contribution in [3.05, 3.63) is 59.2 Å². The molecule has 2 aromatic heterocycles. The smallest absolute Gasteiger partial charge is 0.261 e. The first-order valence-corrected chi connectivity index (χ1v) is 10.5. The molecule has 1 saturated carbocycles. The standard InChI is InChI=1S/C21H25N3O4S/c1-2-11-24(18(25)14-22-20(26)17-10-6-13-29-17)19(16-9-5-12-28-16)21(27)23-15-7-3-4-8-15/h2,5-6,9-10,12-13,15,19H,1,3-4,7-8,11,14H2,(H,22,26)(H,23,27)/t19-/m1/s1. The van der Waals surface area contributed by atoms with Crippen LogP contribution >= 0.6 is 11.3 Å². The molecule has 0 aliphatic heterocycles. The Balaban J connectivity index is 1.73. The van der Waals surface area contributed by atoms with Crippen molar-refractivity contribution in [2.75, 3.05) is 13.1 Å². The topological polar surface area (TPSA) is 91.7 Å². The summed E-state index contributed by atoms with van der Waals surface area (Å²) in [6.45, 7) is 3.63. The van der Waals surface area contributed by atoms with Crippen molar-refractivity contribution in [2.24, 2.45) is 0 Å². The van der Waals surface area contributed by atoms with Crippen LogP contribution in [0.3, 0.4) is 0 Å². The lowest BCUT2D eigenvalue weighted by atomic mass is 10.1. The van der Waals surface area contributed by atoms with E-state index in [4.69, 9.17) is 4.42 Å². The molecule has 1 aliphatic carbocycles. The first kappa shape index (κ1) is 20.9. The van der Waals surface area contributed by atoms with Gasteiger partial charge in [-0.2, -0.15) is 0 Å². The highest BCUT2D eigenvalue weighted by Gasteiger charge is 2.34. The first-order valence-electron chi connectivity index (χ1n) is 9.66. The summed E-state index contributed by atoms with van der Waals surface area (Å²) in [7, 11) is 0. The van der Waals surface area contributed by atoms with E-state index >= 15 is 0 Å². The number of carbonyl (C=O) groups is 3. The lowest BCUT2D eigenvalue weighted by Crippen LogP contribution is -2.48. The van der Waals surface area contributed by atoms with Gasteiger partial charge in [0.15, 0.2) is 6.04 Å². The molecule has 29 heavy (non-hydrogen) atoms. The number of thiophene rings is 1. The number of amides is 3. The number of nitrogens with zero attached hydrogens (tertiary/aromatic N) is 1. The van der Waals surface area contributed by atoms with Gasteiger partial charge in [0.25, 0.3) is 11.8 Å². The average Bonchev–Trinajstić information content (AvgIpc) is 3.48. The number of hydrogen-bond donors (Lipinski definition) is 2. The minimum absolute atomic E-state index is 0.110. The molecular formula is C21H25N3O4S. The summed E-state index contributed by atoms with van der Waals surface area (Å²) in [5.74, 6) is -0.624. The van der Waals surface area contributed by atoms with E-state index in [1.807, 2.05) is 0 Å². The lowest BCUT2D eigenvalue weighted by Gasteiger charge is -2.30. The largest absolute Gasteiger partial charge is 0.467 e. The van der Waals surface area contributed by atoms with Gasteiger partial charge >= 0.3 is 0 Å². The summed E-state index contributed by atoms with van der Waals surface area (Å²) in [6.07, 6.45) is 7.06. The maximum absolute atomic E-state index is 13.1. The Morgan fingerprint density at radius 3 is 2.69 bits per heavy atom. The van der Waals surface area contributed by atoms with Gasteiger partial charge in [0.2, 0.25) is 5.91 Å². The van der Waals surface area contributed by atoms with E-state index in [1.165, 1.54) is 22.5 Å². The fourth-order valence-corrected chi connectivity index (χ4v) is 4.10. The van der Waals surface area contributed by atoms with Gasteiger partial charge in [0.05, 0.1) is 17.7 Å². The van der Waals surface area contributed by atoms with E-state index in [-0.39, 0.29) is 30.9 Å². The zero-order valence-corrected chi connectivity index (χ0v) is 17.0. The van der Waals surface area contributed by atoms with Gasteiger partial charge < -0.3 is 20.0 Å². The van der Waals surface area contributed by atoms with Crippen LogP contribution in [-0.4, -0.2) is 41.8 Å². The van der Waals surface area contributed by atoms with E-state index in [0.717, 1.165) is 25.7 Å². The Hall–Kier alpha value is -2.87. The molecule has 3 rings (SSSR count). The highest BCUT2D eigenvalue weighted by Crippen LogP contribution is 2.24. The van der Waals surface area contributed by atoms with Gasteiger partial charge in [0, 0.05) is 12.6 Å². The summed E-state index contributed by atoms with van der Waals surface area (Å²) in [5.41, 5.74) is 0. The van der Waals surface area contributed by atoms with E-state index < -0.39 is 11.9 Å². The maximum atomic E-state index is 13.1. The quantitative estimate of drug-likeness (QED) is 0.616. The molecule has 0 spiro atoms. The van der Waals surface area contributed by atoms with Crippen LogP contribution in [0.15, 0.2) is 53.0 Å². The van der Waals surface area contributed by atoms with Gasteiger partial charge in [0.1, 0.15) is 5.76 Å². The van der Waals surface area contributed by atoms with Crippen molar-refractivity contribution in [1.29, 1.82) is 0 Å². The third-order valence-corrected chi connectivity index (χ3v) is 5.73. The first-order chi connectivity index (χ1) is 14.1. The SMILES string of the molecule is C=CCN(C(=O)CNC(=O)c1cccs1)[C@@H](C(=O)NC1CCCC1)c1ccco1. The van der Waals surface area contributed by atoms with Crippen LogP contribution in [0.1, 0.15) is 47.2 Å². The Morgan fingerprint density at radius 1 is 1.28 bits per heavy atom. The summed E-state index contributed by atoms with van der Waals surface area (Å²) in [6, 6.07) is 6.00. The summed E-state index contributed by atoms with van der Waals surface area (Å²) < 4.78 is 5.47. The molecule has 0 unspecified atom stereocenters. The molecule has 2 N–H and O–H groups in total. The van der Waals surface area contributed by atoms with Crippen LogP contribution in [0, 0.1) is 0 Å². The molecule has 3 amide bonds. The van der Waals surface area contributed by atoms with Crippen molar-refractivity contribution in [2.45, 2.75) is 37.8 Å². The van der Waals surface area contributed by atoms with Crippen LogP contribution in [0.2, 0.25) is 0 Å². The zero-order chi connectivity index (χ0) is 20.6. The van der Waals surface area contributed by atoms with Crippen LogP contribution in [0.5, 0.6) is 0 Å². The molecule has 2 aromatic rings. The predicted octanol–water partition coefficient (Wildman–Crippen LogP) is 2.89. The van der Waals surface area contributed by atoms with Crippen molar-refractivity contribution >= 4 is 29.1 Å². The molecule has 0 radical (unpaired) electrons.